The van der Waals surface area contributed by atoms with E-state index in [-0.39, 0.29) is 6.29 Å². The van der Waals surface area contributed by atoms with Gasteiger partial charge in [0.25, 0.3) is 0 Å². The minimum absolute atomic E-state index is 0.0944. The molecule has 1 aliphatic rings. The molecule has 0 aliphatic carbocycles. The van der Waals surface area contributed by atoms with Gasteiger partial charge in [-0.15, -0.1) is 0 Å². The first kappa shape index (κ1) is 15.0. The fourth-order valence-electron chi connectivity index (χ4n) is 2.49. The van der Waals surface area contributed by atoms with Gasteiger partial charge in [-0.25, -0.2) is 0 Å². The van der Waals surface area contributed by atoms with Crippen molar-refractivity contribution in [1.82, 2.24) is 0 Å². The fourth-order valence-corrected chi connectivity index (χ4v) is 2.49. The third kappa shape index (κ3) is 6.42. The summed E-state index contributed by atoms with van der Waals surface area (Å²) in [5.41, 5.74) is 0. The maximum atomic E-state index is 5.77. The van der Waals surface area contributed by atoms with Gasteiger partial charge in [0.1, 0.15) is 0 Å². The number of unbranched alkanes of at least 4 members (excludes halogenated alkanes) is 4. The molecule has 0 N–H and O–H groups in total. The van der Waals surface area contributed by atoms with E-state index < -0.39 is 0 Å². The van der Waals surface area contributed by atoms with Crippen LogP contribution >= 0.6 is 0 Å². The van der Waals surface area contributed by atoms with Crippen molar-refractivity contribution in [2.75, 3.05) is 13.2 Å². The third-order valence-corrected chi connectivity index (χ3v) is 3.59. The third-order valence-electron chi connectivity index (χ3n) is 3.59. The van der Waals surface area contributed by atoms with E-state index in [1.165, 1.54) is 51.4 Å². The highest BCUT2D eigenvalue weighted by molar-refractivity contribution is 4.66. The van der Waals surface area contributed by atoms with Crippen LogP contribution in [0.5, 0.6) is 0 Å². The van der Waals surface area contributed by atoms with Gasteiger partial charge in [0, 0.05) is 5.92 Å². The lowest BCUT2D eigenvalue weighted by Gasteiger charge is -2.30. The molecule has 1 aliphatic heterocycles. The highest BCUT2D eigenvalue weighted by atomic mass is 16.7. The van der Waals surface area contributed by atoms with Crippen LogP contribution in [0.2, 0.25) is 0 Å². The Morgan fingerprint density at radius 1 is 0.882 bits per heavy atom. The molecule has 102 valence electrons. The van der Waals surface area contributed by atoms with E-state index in [1.807, 2.05) is 0 Å². The van der Waals surface area contributed by atoms with E-state index >= 15 is 0 Å². The molecule has 0 radical (unpaired) electrons. The molecule has 1 saturated heterocycles. The second kappa shape index (κ2) is 9.90. The van der Waals surface area contributed by atoms with Gasteiger partial charge < -0.3 is 9.47 Å². The van der Waals surface area contributed by atoms with Gasteiger partial charge in [-0.3, -0.25) is 0 Å². The minimum atomic E-state index is 0.0944. The Balaban J connectivity index is 2.25. The summed E-state index contributed by atoms with van der Waals surface area (Å²) in [6.07, 6.45) is 11.7. The molecule has 0 aromatic rings. The van der Waals surface area contributed by atoms with E-state index in [9.17, 15) is 0 Å². The van der Waals surface area contributed by atoms with Gasteiger partial charge in [0.15, 0.2) is 6.29 Å². The standard InChI is InChI=1S/C15H30O2/c1-3-5-7-8-11-14(10-6-4-2)15-16-12-9-13-17-15/h14-15H,3-13H2,1-2H3. The van der Waals surface area contributed by atoms with E-state index in [2.05, 4.69) is 13.8 Å². The molecule has 0 aromatic carbocycles. The summed E-state index contributed by atoms with van der Waals surface area (Å²) < 4.78 is 11.5. The molecule has 1 fully saturated rings. The van der Waals surface area contributed by atoms with Crippen LogP contribution in [0.3, 0.4) is 0 Å². The van der Waals surface area contributed by atoms with Crippen LogP contribution in [0.1, 0.15) is 71.6 Å². The number of hydrogen-bond acceptors (Lipinski definition) is 2. The first-order chi connectivity index (χ1) is 8.38. The van der Waals surface area contributed by atoms with Gasteiger partial charge in [-0.1, -0.05) is 52.4 Å². The molecule has 0 saturated carbocycles. The summed E-state index contributed by atoms with van der Waals surface area (Å²) in [5.74, 6) is 0.632. The lowest BCUT2D eigenvalue weighted by atomic mass is 9.94. The summed E-state index contributed by atoms with van der Waals surface area (Å²) in [7, 11) is 0. The van der Waals surface area contributed by atoms with Crippen molar-refractivity contribution < 1.29 is 9.47 Å². The number of rotatable bonds is 9. The second-order valence-corrected chi connectivity index (χ2v) is 5.22. The van der Waals surface area contributed by atoms with Gasteiger partial charge in [-0.2, -0.15) is 0 Å². The molecule has 1 atom stereocenters. The molecule has 0 amide bonds. The molecular weight excluding hydrogens is 212 g/mol. The van der Waals surface area contributed by atoms with Crippen LogP contribution in [0.25, 0.3) is 0 Å². The van der Waals surface area contributed by atoms with Crippen molar-refractivity contribution in [3.05, 3.63) is 0 Å². The summed E-state index contributed by atoms with van der Waals surface area (Å²) in [6, 6.07) is 0. The molecule has 0 spiro atoms. The maximum absolute atomic E-state index is 5.77. The molecule has 2 nitrogen and oxygen atoms in total. The molecule has 1 unspecified atom stereocenters. The molecule has 2 heteroatoms. The Labute approximate surface area is 107 Å². The quantitative estimate of drug-likeness (QED) is 0.553. The maximum Gasteiger partial charge on any atom is 0.160 e. The summed E-state index contributed by atoms with van der Waals surface area (Å²) in [6.45, 7) is 6.31. The first-order valence-corrected chi connectivity index (χ1v) is 7.61. The Morgan fingerprint density at radius 3 is 2.18 bits per heavy atom. The Bertz CT molecular complexity index is 164. The van der Waals surface area contributed by atoms with Crippen molar-refractivity contribution in [1.29, 1.82) is 0 Å². The van der Waals surface area contributed by atoms with Crippen molar-refractivity contribution in [3.8, 4) is 0 Å². The van der Waals surface area contributed by atoms with Gasteiger partial charge in [0.05, 0.1) is 13.2 Å². The highest BCUT2D eigenvalue weighted by Crippen LogP contribution is 2.25. The Morgan fingerprint density at radius 2 is 1.53 bits per heavy atom. The number of hydrogen-bond donors (Lipinski definition) is 0. The summed E-state index contributed by atoms with van der Waals surface area (Å²) >= 11 is 0. The lowest BCUT2D eigenvalue weighted by molar-refractivity contribution is -0.207. The average Bonchev–Trinajstić information content (AvgIpc) is 2.39. The van der Waals surface area contributed by atoms with E-state index in [0.29, 0.717) is 5.92 Å². The monoisotopic (exact) mass is 242 g/mol. The van der Waals surface area contributed by atoms with Gasteiger partial charge in [-0.05, 0) is 19.3 Å². The molecule has 0 bridgehead atoms. The molecular formula is C15H30O2. The predicted octanol–water partition coefficient (Wildman–Crippen LogP) is 4.53. The second-order valence-electron chi connectivity index (χ2n) is 5.22. The zero-order valence-corrected chi connectivity index (χ0v) is 11.7. The van der Waals surface area contributed by atoms with Crippen molar-refractivity contribution in [2.45, 2.75) is 77.9 Å². The van der Waals surface area contributed by atoms with Crippen LogP contribution in [-0.2, 0) is 9.47 Å². The lowest BCUT2D eigenvalue weighted by Crippen LogP contribution is -2.32. The van der Waals surface area contributed by atoms with Gasteiger partial charge in [0.2, 0.25) is 0 Å². The SMILES string of the molecule is CCCCCCC(CCCC)C1OCCCO1. The topological polar surface area (TPSA) is 18.5 Å². The zero-order chi connectivity index (χ0) is 12.3. The fraction of sp³-hybridized carbons (Fsp3) is 1.00. The van der Waals surface area contributed by atoms with Gasteiger partial charge >= 0.3 is 0 Å². The largest absolute Gasteiger partial charge is 0.352 e. The first-order valence-electron chi connectivity index (χ1n) is 7.61. The Kier molecular flexibility index (Phi) is 8.72. The normalized spacial score (nSPS) is 19.4. The molecule has 1 rings (SSSR count). The zero-order valence-electron chi connectivity index (χ0n) is 11.7. The van der Waals surface area contributed by atoms with E-state index in [1.54, 1.807) is 0 Å². The van der Waals surface area contributed by atoms with Crippen LogP contribution in [-0.4, -0.2) is 19.5 Å². The predicted molar refractivity (Wildman–Crippen MR) is 72.1 cm³/mol. The Hall–Kier alpha value is -0.0800. The number of ether oxygens (including phenoxy) is 2. The van der Waals surface area contributed by atoms with Crippen LogP contribution in [0.15, 0.2) is 0 Å². The van der Waals surface area contributed by atoms with Crippen molar-refractivity contribution in [3.63, 3.8) is 0 Å². The average molecular weight is 242 g/mol. The van der Waals surface area contributed by atoms with Crippen molar-refractivity contribution in [2.24, 2.45) is 5.92 Å². The summed E-state index contributed by atoms with van der Waals surface area (Å²) in [5, 5.41) is 0. The molecule has 1 heterocycles. The molecule has 17 heavy (non-hydrogen) atoms. The van der Waals surface area contributed by atoms with E-state index in [4.69, 9.17) is 9.47 Å². The van der Waals surface area contributed by atoms with Crippen LogP contribution < -0.4 is 0 Å². The minimum Gasteiger partial charge on any atom is -0.352 e. The summed E-state index contributed by atoms with van der Waals surface area (Å²) in [4.78, 5) is 0. The van der Waals surface area contributed by atoms with Crippen molar-refractivity contribution >= 4 is 0 Å². The molecule has 0 aromatic heterocycles. The van der Waals surface area contributed by atoms with Crippen LogP contribution in [0, 0.1) is 5.92 Å². The smallest absolute Gasteiger partial charge is 0.160 e. The van der Waals surface area contributed by atoms with E-state index in [0.717, 1.165) is 19.6 Å². The van der Waals surface area contributed by atoms with Crippen LogP contribution in [0.4, 0.5) is 0 Å². The highest BCUT2D eigenvalue weighted by Gasteiger charge is 2.24.